The summed E-state index contributed by atoms with van der Waals surface area (Å²) in [5.74, 6) is 0. The highest BCUT2D eigenvalue weighted by molar-refractivity contribution is 4.94. The summed E-state index contributed by atoms with van der Waals surface area (Å²) in [4.78, 5) is 2.22. The molecule has 12 heavy (non-hydrogen) atoms. The van der Waals surface area contributed by atoms with Gasteiger partial charge in [0.2, 0.25) is 0 Å². The van der Waals surface area contributed by atoms with E-state index in [0.29, 0.717) is 0 Å². The smallest absolute Gasteiger partial charge is 0.0558 e. The van der Waals surface area contributed by atoms with E-state index in [9.17, 15) is 0 Å². The Hall–Kier alpha value is -0.120. The quantitative estimate of drug-likeness (QED) is 0.636. The zero-order chi connectivity index (χ0) is 9.03. The number of hydrogen-bond donors (Lipinski definition) is 2. The van der Waals surface area contributed by atoms with Gasteiger partial charge in [0.15, 0.2) is 0 Å². The van der Waals surface area contributed by atoms with Crippen LogP contribution in [-0.4, -0.2) is 42.3 Å². The predicted octanol–water partition coefficient (Wildman–Crippen LogP) is 0.182. The third-order valence-corrected chi connectivity index (χ3v) is 3.16. The summed E-state index contributed by atoms with van der Waals surface area (Å²) in [6.07, 6.45) is 4.96. The summed E-state index contributed by atoms with van der Waals surface area (Å²) in [5, 5.41) is 8.82. The minimum atomic E-state index is 0.197. The summed E-state index contributed by atoms with van der Waals surface area (Å²) in [6.45, 7) is 1.71. The van der Waals surface area contributed by atoms with Crippen molar-refractivity contribution in [2.45, 2.75) is 31.2 Å². The molecule has 1 aliphatic rings. The fourth-order valence-electron chi connectivity index (χ4n) is 2.16. The van der Waals surface area contributed by atoms with Crippen LogP contribution in [0.3, 0.4) is 0 Å². The van der Waals surface area contributed by atoms with Gasteiger partial charge in [-0.1, -0.05) is 12.8 Å². The summed E-state index contributed by atoms with van der Waals surface area (Å²) in [7, 11) is 2.06. The molecule has 0 unspecified atom stereocenters. The van der Waals surface area contributed by atoms with Gasteiger partial charge < -0.3 is 10.8 Å². The SMILES string of the molecule is CN(CCO)C1(CN)CCCC1. The van der Waals surface area contributed by atoms with E-state index in [1.54, 1.807) is 0 Å². The number of nitrogens with zero attached hydrogens (tertiary/aromatic N) is 1. The largest absolute Gasteiger partial charge is 0.395 e. The lowest BCUT2D eigenvalue weighted by Gasteiger charge is -2.37. The number of likely N-dealkylation sites (N-methyl/N-ethyl adjacent to an activating group) is 1. The van der Waals surface area contributed by atoms with E-state index in [1.165, 1.54) is 25.7 Å². The molecule has 0 aromatic carbocycles. The molecule has 0 atom stereocenters. The van der Waals surface area contributed by atoms with Crippen molar-refractivity contribution in [3.8, 4) is 0 Å². The van der Waals surface area contributed by atoms with Gasteiger partial charge in [0.25, 0.3) is 0 Å². The van der Waals surface area contributed by atoms with E-state index in [-0.39, 0.29) is 12.1 Å². The summed E-state index contributed by atoms with van der Waals surface area (Å²) in [6, 6.07) is 0. The number of rotatable bonds is 4. The van der Waals surface area contributed by atoms with Crippen LogP contribution >= 0.6 is 0 Å². The van der Waals surface area contributed by atoms with Gasteiger partial charge in [-0.3, -0.25) is 4.90 Å². The Kier molecular flexibility index (Phi) is 3.50. The summed E-state index contributed by atoms with van der Waals surface area (Å²) in [5.41, 5.74) is 5.97. The van der Waals surface area contributed by atoms with Crippen molar-refractivity contribution in [2.75, 3.05) is 26.7 Å². The van der Waals surface area contributed by atoms with Gasteiger partial charge in [-0.25, -0.2) is 0 Å². The zero-order valence-electron chi connectivity index (χ0n) is 7.92. The second kappa shape index (κ2) is 4.21. The lowest BCUT2D eigenvalue weighted by molar-refractivity contribution is 0.105. The maximum Gasteiger partial charge on any atom is 0.0558 e. The average Bonchev–Trinajstić information content (AvgIpc) is 2.54. The summed E-state index contributed by atoms with van der Waals surface area (Å²) < 4.78 is 0. The van der Waals surface area contributed by atoms with E-state index in [0.717, 1.165) is 13.1 Å². The van der Waals surface area contributed by atoms with Gasteiger partial charge in [-0.05, 0) is 19.9 Å². The third kappa shape index (κ3) is 1.79. The third-order valence-electron chi connectivity index (χ3n) is 3.16. The van der Waals surface area contributed by atoms with Crippen LogP contribution in [-0.2, 0) is 0 Å². The number of aliphatic hydroxyl groups is 1. The first-order valence-corrected chi connectivity index (χ1v) is 4.77. The molecular weight excluding hydrogens is 152 g/mol. The molecule has 0 spiro atoms. The molecule has 0 saturated heterocycles. The second-order valence-corrected chi connectivity index (χ2v) is 3.78. The van der Waals surface area contributed by atoms with Gasteiger partial charge in [-0.2, -0.15) is 0 Å². The standard InChI is InChI=1S/C9H20N2O/c1-11(6-7-12)9(8-10)4-2-3-5-9/h12H,2-8,10H2,1H3. The first-order valence-electron chi connectivity index (χ1n) is 4.77. The van der Waals surface area contributed by atoms with Crippen LogP contribution in [0, 0.1) is 0 Å². The van der Waals surface area contributed by atoms with Crippen molar-refractivity contribution in [2.24, 2.45) is 5.73 Å². The van der Waals surface area contributed by atoms with E-state index in [1.807, 2.05) is 0 Å². The molecule has 72 valence electrons. The van der Waals surface area contributed by atoms with Crippen molar-refractivity contribution < 1.29 is 5.11 Å². The minimum Gasteiger partial charge on any atom is -0.395 e. The van der Waals surface area contributed by atoms with Crippen molar-refractivity contribution in [1.29, 1.82) is 0 Å². The van der Waals surface area contributed by atoms with E-state index < -0.39 is 0 Å². The van der Waals surface area contributed by atoms with Gasteiger partial charge in [0.05, 0.1) is 6.61 Å². The zero-order valence-corrected chi connectivity index (χ0v) is 7.92. The molecular formula is C9H20N2O. The second-order valence-electron chi connectivity index (χ2n) is 3.78. The van der Waals surface area contributed by atoms with Crippen LogP contribution in [0.4, 0.5) is 0 Å². The Balaban J connectivity index is 2.52. The maximum atomic E-state index is 8.82. The normalized spacial score (nSPS) is 22.0. The molecule has 0 radical (unpaired) electrons. The maximum absolute atomic E-state index is 8.82. The van der Waals surface area contributed by atoms with Crippen LogP contribution < -0.4 is 5.73 Å². The highest BCUT2D eigenvalue weighted by Crippen LogP contribution is 2.33. The molecule has 3 heteroatoms. The summed E-state index contributed by atoms with van der Waals surface area (Å²) >= 11 is 0. The van der Waals surface area contributed by atoms with Crippen LogP contribution in [0.15, 0.2) is 0 Å². The van der Waals surface area contributed by atoms with Crippen LogP contribution in [0.5, 0.6) is 0 Å². The van der Waals surface area contributed by atoms with E-state index in [2.05, 4.69) is 11.9 Å². The molecule has 3 nitrogen and oxygen atoms in total. The molecule has 0 aromatic rings. The topological polar surface area (TPSA) is 49.5 Å². The Labute approximate surface area is 74.5 Å². The molecule has 3 N–H and O–H groups in total. The number of hydrogen-bond acceptors (Lipinski definition) is 3. The number of aliphatic hydroxyl groups excluding tert-OH is 1. The molecule has 1 saturated carbocycles. The Morgan fingerprint density at radius 3 is 2.42 bits per heavy atom. The van der Waals surface area contributed by atoms with Gasteiger partial charge in [0.1, 0.15) is 0 Å². The molecule has 0 heterocycles. The molecule has 0 bridgehead atoms. The fraction of sp³-hybridized carbons (Fsp3) is 1.00. The van der Waals surface area contributed by atoms with Crippen molar-refractivity contribution in [1.82, 2.24) is 4.90 Å². The molecule has 1 rings (SSSR count). The molecule has 1 aliphatic carbocycles. The molecule has 0 aliphatic heterocycles. The van der Waals surface area contributed by atoms with Crippen molar-refractivity contribution >= 4 is 0 Å². The fourth-order valence-corrected chi connectivity index (χ4v) is 2.16. The highest BCUT2D eigenvalue weighted by Gasteiger charge is 2.35. The van der Waals surface area contributed by atoms with Gasteiger partial charge in [0, 0.05) is 18.6 Å². The van der Waals surface area contributed by atoms with E-state index in [4.69, 9.17) is 10.8 Å². The molecule has 0 aromatic heterocycles. The predicted molar refractivity (Wildman–Crippen MR) is 50.0 cm³/mol. The first kappa shape index (κ1) is 9.96. The average molecular weight is 172 g/mol. The van der Waals surface area contributed by atoms with Crippen LogP contribution in [0.1, 0.15) is 25.7 Å². The monoisotopic (exact) mass is 172 g/mol. The number of nitrogens with two attached hydrogens (primary N) is 1. The van der Waals surface area contributed by atoms with Gasteiger partial charge in [-0.15, -0.1) is 0 Å². The van der Waals surface area contributed by atoms with Gasteiger partial charge >= 0.3 is 0 Å². The Morgan fingerprint density at radius 1 is 1.42 bits per heavy atom. The molecule has 1 fully saturated rings. The van der Waals surface area contributed by atoms with Crippen LogP contribution in [0.2, 0.25) is 0 Å². The highest BCUT2D eigenvalue weighted by atomic mass is 16.3. The van der Waals surface area contributed by atoms with Crippen molar-refractivity contribution in [3.63, 3.8) is 0 Å². The Morgan fingerprint density at radius 2 is 2.00 bits per heavy atom. The van der Waals surface area contributed by atoms with Crippen LogP contribution in [0.25, 0.3) is 0 Å². The lowest BCUT2D eigenvalue weighted by atomic mass is 9.96. The van der Waals surface area contributed by atoms with Crippen molar-refractivity contribution in [3.05, 3.63) is 0 Å². The Bertz CT molecular complexity index is 132. The first-order chi connectivity index (χ1) is 5.75. The molecule has 0 amide bonds. The van der Waals surface area contributed by atoms with E-state index >= 15 is 0 Å². The minimum absolute atomic E-state index is 0.197. The lowest BCUT2D eigenvalue weighted by Crippen LogP contribution is -2.50. The number of β-amino-alcohol motifs (C(OH)–C–C–N with tert-alkyl or cyclic N) is 1.